The van der Waals surface area contributed by atoms with Gasteiger partial charge in [-0.1, -0.05) is 30.7 Å². The Hall–Kier alpha value is -1.89. The highest BCUT2D eigenvalue weighted by atomic mass is 35.5. The molecule has 0 aliphatic carbocycles. The van der Waals surface area contributed by atoms with Gasteiger partial charge in [-0.15, -0.1) is 0 Å². The van der Waals surface area contributed by atoms with E-state index < -0.39 is 10.0 Å². The van der Waals surface area contributed by atoms with Crippen LogP contribution in [0.5, 0.6) is 0 Å². The average molecular weight is 367 g/mol. The third kappa shape index (κ3) is 5.06. The summed E-state index contributed by atoms with van der Waals surface area (Å²) in [7, 11) is -3.57. The molecule has 0 radical (unpaired) electrons. The van der Waals surface area contributed by atoms with E-state index in [0.29, 0.717) is 10.6 Å². The molecule has 0 aliphatic rings. The first-order chi connectivity index (χ1) is 11.4. The highest BCUT2D eigenvalue weighted by Gasteiger charge is 2.13. The first-order valence-corrected chi connectivity index (χ1v) is 9.41. The minimum Gasteiger partial charge on any atom is -0.351 e. The average Bonchev–Trinajstić information content (AvgIpc) is 2.59. The maximum absolute atomic E-state index is 12.1. The Balaban J connectivity index is 1.84. The summed E-state index contributed by atoms with van der Waals surface area (Å²) in [6.07, 6.45) is 0.852. The van der Waals surface area contributed by atoms with E-state index in [4.69, 9.17) is 11.6 Å². The van der Waals surface area contributed by atoms with E-state index >= 15 is 0 Å². The molecule has 0 spiro atoms. The summed E-state index contributed by atoms with van der Waals surface area (Å²) in [4.78, 5) is 12.1. The standard InChI is InChI=1S/C17H19ClN2O3S/c1-2-13-3-9-16(10-4-13)24(22,23)20-12-11-19-17(21)14-5-7-15(18)8-6-14/h3-10,20H,2,11-12H2,1H3,(H,19,21). The number of halogens is 1. The Bertz CT molecular complexity index is 788. The molecule has 0 saturated heterocycles. The van der Waals surface area contributed by atoms with Gasteiger partial charge in [-0.05, 0) is 48.4 Å². The Labute approximate surface area is 147 Å². The molecule has 2 aromatic carbocycles. The van der Waals surface area contributed by atoms with Crippen LogP contribution in [-0.2, 0) is 16.4 Å². The summed E-state index contributed by atoms with van der Waals surface area (Å²) in [5.74, 6) is -0.279. The molecule has 0 aliphatic heterocycles. The van der Waals surface area contributed by atoms with Gasteiger partial charge in [-0.3, -0.25) is 4.79 Å². The number of aryl methyl sites for hydroxylation is 1. The molecule has 2 rings (SSSR count). The fraction of sp³-hybridized carbons (Fsp3) is 0.235. The van der Waals surface area contributed by atoms with Crippen molar-refractivity contribution in [3.8, 4) is 0 Å². The van der Waals surface area contributed by atoms with E-state index in [-0.39, 0.29) is 23.9 Å². The van der Waals surface area contributed by atoms with E-state index in [9.17, 15) is 13.2 Å². The molecule has 0 fully saturated rings. The smallest absolute Gasteiger partial charge is 0.251 e. The lowest BCUT2D eigenvalue weighted by Crippen LogP contribution is -2.34. The van der Waals surface area contributed by atoms with Gasteiger partial charge < -0.3 is 5.32 Å². The third-order valence-corrected chi connectivity index (χ3v) is 5.18. The second kappa shape index (κ2) is 8.28. The van der Waals surface area contributed by atoms with Crippen LogP contribution in [0.1, 0.15) is 22.8 Å². The van der Waals surface area contributed by atoms with Gasteiger partial charge in [0.2, 0.25) is 10.0 Å². The van der Waals surface area contributed by atoms with E-state index in [2.05, 4.69) is 10.0 Å². The minimum absolute atomic E-state index is 0.108. The highest BCUT2D eigenvalue weighted by Crippen LogP contribution is 2.11. The quantitative estimate of drug-likeness (QED) is 0.739. The maximum Gasteiger partial charge on any atom is 0.251 e. The molecule has 0 saturated carbocycles. The van der Waals surface area contributed by atoms with Gasteiger partial charge in [-0.2, -0.15) is 0 Å². The lowest BCUT2D eigenvalue weighted by atomic mass is 10.2. The van der Waals surface area contributed by atoms with Crippen LogP contribution in [0.15, 0.2) is 53.4 Å². The Morgan fingerprint density at radius 2 is 1.62 bits per heavy atom. The minimum atomic E-state index is -3.57. The van der Waals surface area contributed by atoms with Crippen LogP contribution in [0.2, 0.25) is 5.02 Å². The van der Waals surface area contributed by atoms with Gasteiger partial charge in [0, 0.05) is 23.7 Å². The van der Waals surface area contributed by atoms with Crippen LogP contribution in [0, 0.1) is 0 Å². The van der Waals surface area contributed by atoms with Crippen molar-refractivity contribution < 1.29 is 13.2 Å². The Kier molecular flexibility index (Phi) is 6.36. The number of sulfonamides is 1. The molecule has 24 heavy (non-hydrogen) atoms. The van der Waals surface area contributed by atoms with Crippen LogP contribution >= 0.6 is 11.6 Å². The second-order valence-corrected chi connectivity index (χ2v) is 7.36. The van der Waals surface area contributed by atoms with E-state index in [1.165, 1.54) is 0 Å². The van der Waals surface area contributed by atoms with Gasteiger partial charge in [0.25, 0.3) is 5.91 Å². The molecule has 0 heterocycles. The maximum atomic E-state index is 12.1. The fourth-order valence-electron chi connectivity index (χ4n) is 2.05. The summed E-state index contributed by atoms with van der Waals surface area (Å²) >= 11 is 5.76. The van der Waals surface area contributed by atoms with E-state index in [0.717, 1.165) is 12.0 Å². The Morgan fingerprint density at radius 3 is 2.21 bits per heavy atom. The van der Waals surface area contributed by atoms with Crippen LogP contribution in [0.3, 0.4) is 0 Å². The van der Waals surface area contributed by atoms with Crippen molar-refractivity contribution in [2.45, 2.75) is 18.2 Å². The normalized spacial score (nSPS) is 11.2. The van der Waals surface area contributed by atoms with Crippen molar-refractivity contribution in [2.75, 3.05) is 13.1 Å². The van der Waals surface area contributed by atoms with Crippen molar-refractivity contribution in [3.63, 3.8) is 0 Å². The lowest BCUT2D eigenvalue weighted by molar-refractivity contribution is 0.0954. The molecular formula is C17H19ClN2O3S. The second-order valence-electron chi connectivity index (χ2n) is 5.16. The molecule has 0 unspecified atom stereocenters. The van der Waals surface area contributed by atoms with Crippen molar-refractivity contribution in [1.82, 2.24) is 10.0 Å². The highest BCUT2D eigenvalue weighted by molar-refractivity contribution is 7.89. The molecule has 7 heteroatoms. The zero-order valence-corrected chi connectivity index (χ0v) is 14.8. The largest absolute Gasteiger partial charge is 0.351 e. The predicted octanol–water partition coefficient (Wildman–Crippen LogP) is 2.61. The molecular weight excluding hydrogens is 348 g/mol. The van der Waals surface area contributed by atoms with Crippen LogP contribution in [0.4, 0.5) is 0 Å². The number of benzene rings is 2. The Morgan fingerprint density at radius 1 is 1.00 bits per heavy atom. The lowest BCUT2D eigenvalue weighted by Gasteiger charge is -2.09. The van der Waals surface area contributed by atoms with Gasteiger partial charge in [0.05, 0.1) is 4.90 Å². The number of hydrogen-bond donors (Lipinski definition) is 2. The number of hydrogen-bond acceptors (Lipinski definition) is 3. The van der Waals surface area contributed by atoms with Gasteiger partial charge in [-0.25, -0.2) is 13.1 Å². The first kappa shape index (κ1) is 18.4. The molecule has 128 valence electrons. The summed E-state index contributed by atoms with van der Waals surface area (Å²) in [6, 6.07) is 13.2. The van der Waals surface area contributed by atoms with Crippen LogP contribution < -0.4 is 10.0 Å². The first-order valence-electron chi connectivity index (χ1n) is 7.55. The number of rotatable bonds is 7. The van der Waals surface area contributed by atoms with Crippen molar-refractivity contribution in [3.05, 3.63) is 64.7 Å². The zero-order valence-electron chi connectivity index (χ0n) is 13.3. The topological polar surface area (TPSA) is 75.3 Å². The van der Waals surface area contributed by atoms with Crippen molar-refractivity contribution in [2.24, 2.45) is 0 Å². The summed E-state index contributed by atoms with van der Waals surface area (Å²) in [5, 5.41) is 3.20. The molecule has 5 nitrogen and oxygen atoms in total. The third-order valence-electron chi connectivity index (χ3n) is 3.45. The van der Waals surface area contributed by atoms with E-state index in [1.807, 2.05) is 6.92 Å². The number of amides is 1. The number of nitrogens with one attached hydrogen (secondary N) is 2. The number of carbonyl (C=O) groups excluding carboxylic acids is 1. The molecule has 0 atom stereocenters. The molecule has 2 aromatic rings. The van der Waals surface area contributed by atoms with Crippen LogP contribution in [0.25, 0.3) is 0 Å². The van der Waals surface area contributed by atoms with Gasteiger partial charge in [0.1, 0.15) is 0 Å². The molecule has 0 aromatic heterocycles. The summed E-state index contributed by atoms with van der Waals surface area (Å²) in [5.41, 5.74) is 1.54. The molecule has 1 amide bonds. The molecule has 0 bridgehead atoms. The summed E-state index contributed by atoms with van der Waals surface area (Å²) < 4.78 is 26.8. The zero-order chi connectivity index (χ0) is 17.6. The fourth-order valence-corrected chi connectivity index (χ4v) is 3.21. The predicted molar refractivity (Wildman–Crippen MR) is 94.8 cm³/mol. The summed E-state index contributed by atoms with van der Waals surface area (Å²) in [6.45, 7) is 2.30. The van der Waals surface area contributed by atoms with Crippen LogP contribution in [-0.4, -0.2) is 27.4 Å². The SMILES string of the molecule is CCc1ccc(S(=O)(=O)NCCNC(=O)c2ccc(Cl)cc2)cc1. The van der Waals surface area contributed by atoms with E-state index in [1.54, 1.807) is 48.5 Å². The monoisotopic (exact) mass is 366 g/mol. The van der Waals surface area contributed by atoms with Gasteiger partial charge >= 0.3 is 0 Å². The van der Waals surface area contributed by atoms with Crippen molar-refractivity contribution >= 4 is 27.5 Å². The van der Waals surface area contributed by atoms with Crippen molar-refractivity contribution in [1.29, 1.82) is 0 Å². The van der Waals surface area contributed by atoms with Gasteiger partial charge in [0.15, 0.2) is 0 Å². The number of carbonyl (C=O) groups is 1. The molecule has 2 N–H and O–H groups in total.